The van der Waals surface area contributed by atoms with Crippen LogP contribution < -0.4 is 20.9 Å². The highest BCUT2D eigenvalue weighted by atomic mass is 16.2. The number of nitrogens with one attached hydrogen (secondary N) is 3. The summed E-state index contributed by atoms with van der Waals surface area (Å²) in [5.74, 6) is 0.759. The number of nitrogens with zero attached hydrogens (tertiary/aromatic N) is 5. The zero-order chi connectivity index (χ0) is 25.8. The number of para-hydroxylation sites is 1. The van der Waals surface area contributed by atoms with E-state index in [1.807, 2.05) is 44.4 Å². The van der Waals surface area contributed by atoms with Crippen molar-refractivity contribution in [2.24, 2.45) is 5.92 Å². The highest BCUT2D eigenvalue weighted by molar-refractivity contribution is 6.02. The number of amides is 2. The SMILES string of the molecule is [2H]C([2H])([2H])NC(=O)c1cnc(NC(=O)C2CC2)cc1Nc1cccc2c1N(C)[C@@H](C)c1nc(C)nn1-2. The summed E-state index contributed by atoms with van der Waals surface area (Å²) in [6.45, 7) is 1.19. The molecule has 1 aromatic carbocycles. The lowest BCUT2D eigenvalue weighted by Gasteiger charge is -2.35. The van der Waals surface area contributed by atoms with E-state index in [0.29, 0.717) is 17.2 Å². The molecule has 10 heteroatoms. The Morgan fingerprint density at radius 3 is 2.82 bits per heavy atom. The van der Waals surface area contributed by atoms with Crippen LogP contribution in [0.15, 0.2) is 30.5 Å². The summed E-state index contributed by atoms with van der Waals surface area (Å²) < 4.78 is 24.1. The number of carbonyl (C=O) groups is 2. The van der Waals surface area contributed by atoms with Gasteiger partial charge in [-0.05, 0) is 38.8 Å². The number of carbonyl (C=O) groups excluding carboxylic acids is 2. The van der Waals surface area contributed by atoms with Gasteiger partial charge in [0.1, 0.15) is 11.6 Å². The van der Waals surface area contributed by atoms with Crippen LogP contribution in [-0.4, -0.2) is 45.6 Å². The fraction of sp³-hybridized carbons (Fsp3) is 0.348. The number of aryl methyl sites for hydroxylation is 1. The molecule has 1 aliphatic heterocycles. The molecule has 2 amide bonds. The van der Waals surface area contributed by atoms with E-state index in [-0.39, 0.29) is 29.2 Å². The number of hydrogen-bond acceptors (Lipinski definition) is 7. The average Bonchev–Trinajstić information content (AvgIpc) is 3.58. The van der Waals surface area contributed by atoms with Crippen molar-refractivity contribution in [1.82, 2.24) is 25.1 Å². The average molecular weight is 450 g/mol. The van der Waals surface area contributed by atoms with Crippen LogP contribution in [0.2, 0.25) is 0 Å². The van der Waals surface area contributed by atoms with Crippen molar-refractivity contribution < 1.29 is 13.7 Å². The molecule has 33 heavy (non-hydrogen) atoms. The highest BCUT2D eigenvalue weighted by Gasteiger charge is 2.32. The maximum absolute atomic E-state index is 12.8. The molecule has 0 spiro atoms. The Morgan fingerprint density at radius 2 is 2.06 bits per heavy atom. The third kappa shape index (κ3) is 3.67. The van der Waals surface area contributed by atoms with Gasteiger partial charge in [0.15, 0.2) is 5.82 Å². The summed E-state index contributed by atoms with van der Waals surface area (Å²) in [6, 6.07) is 7.09. The van der Waals surface area contributed by atoms with Crippen molar-refractivity contribution >= 4 is 34.7 Å². The maximum Gasteiger partial charge on any atom is 0.254 e. The maximum atomic E-state index is 12.8. The lowest BCUT2D eigenvalue weighted by Crippen LogP contribution is -2.31. The number of anilines is 4. The third-order valence-corrected chi connectivity index (χ3v) is 6.02. The largest absolute Gasteiger partial charge is 0.361 e. The van der Waals surface area contributed by atoms with Crippen LogP contribution in [-0.2, 0) is 4.79 Å². The Balaban J connectivity index is 1.56. The summed E-state index contributed by atoms with van der Waals surface area (Å²) in [5.41, 5.74) is 2.62. The van der Waals surface area contributed by atoms with Crippen LogP contribution >= 0.6 is 0 Å². The molecule has 0 radical (unpaired) electrons. The molecule has 170 valence electrons. The Bertz CT molecular complexity index is 1370. The van der Waals surface area contributed by atoms with Crippen molar-refractivity contribution in [3.63, 3.8) is 0 Å². The Morgan fingerprint density at radius 1 is 1.24 bits per heavy atom. The first-order valence-electron chi connectivity index (χ1n) is 12.2. The molecule has 1 atom stereocenters. The lowest BCUT2D eigenvalue weighted by molar-refractivity contribution is -0.117. The van der Waals surface area contributed by atoms with Gasteiger partial charge in [0, 0.05) is 36.3 Å². The quantitative estimate of drug-likeness (QED) is 0.548. The van der Waals surface area contributed by atoms with Gasteiger partial charge in [-0.15, -0.1) is 0 Å². The van der Waals surface area contributed by atoms with Gasteiger partial charge in [-0.25, -0.2) is 14.6 Å². The smallest absolute Gasteiger partial charge is 0.254 e. The first kappa shape index (κ1) is 17.6. The highest BCUT2D eigenvalue weighted by Crippen LogP contribution is 2.42. The fourth-order valence-corrected chi connectivity index (χ4v) is 4.01. The van der Waals surface area contributed by atoms with E-state index in [1.165, 1.54) is 12.3 Å². The molecule has 0 unspecified atom stereocenters. The zero-order valence-electron chi connectivity index (χ0n) is 21.5. The van der Waals surface area contributed by atoms with E-state index in [0.717, 1.165) is 30.0 Å². The number of rotatable bonds is 5. The summed E-state index contributed by atoms with van der Waals surface area (Å²) in [5, 5.41) is 12.6. The molecule has 3 aromatic rings. The van der Waals surface area contributed by atoms with E-state index >= 15 is 0 Å². The standard InChI is InChI=1S/C23H26N8O2/c1-12-21-26-13(2)29-31(21)18-7-5-6-16(20(18)30(12)4)27-17-10-19(28-22(32)14-8-9-14)25-11-15(17)23(33)24-3/h5-7,10-12,14H,8-9H2,1-4H3,(H,24,33)(H2,25,27,28,32)/t12-/m0/s1/i3D3. The second-order valence-electron chi connectivity index (χ2n) is 8.35. The second-order valence-corrected chi connectivity index (χ2v) is 8.35. The minimum Gasteiger partial charge on any atom is -0.361 e. The topological polar surface area (TPSA) is 117 Å². The molecule has 2 aliphatic rings. The number of pyridine rings is 1. The van der Waals surface area contributed by atoms with E-state index in [1.54, 1.807) is 4.68 Å². The Hall–Kier alpha value is -3.95. The van der Waals surface area contributed by atoms with Gasteiger partial charge in [0.2, 0.25) is 5.91 Å². The van der Waals surface area contributed by atoms with Gasteiger partial charge < -0.3 is 20.9 Å². The minimum absolute atomic E-state index is 0.0250. The lowest BCUT2D eigenvalue weighted by atomic mass is 10.1. The van der Waals surface area contributed by atoms with Gasteiger partial charge >= 0.3 is 0 Å². The third-order valence-electron chi connectivity index (χ3n) is 6.02. The van der Waals surface area contributed by atoms with Gasteiger partial charge in [0.25, 0.3) is 5.91 Å². The Kier molecular flexibility index (Phi) is 4.20. The van der Waals surface area contributed by atoms with Crippen molar-refractivity contribution in [1.29, 1.82) is 0 Å². The molecule has 5 rings (SSSR count). The van der Waals surface area contributed by atoms with Crippen LogP contribution in [0, 0.1) is 12.8 Å². The molecule has 0 saturated heterocycles. The van der Waals surface area contributed by atoms with Gasteiger partial charge in [-0.1, -0.05) is 6.07 Å². The normalized spacial score (nSPS) is 18.3. The van der Waals surface area contributed by atoms with E-state index in [9.17, 15) is 9.59 Å². The number of fused-ring (bicyclic) bond motifs is 3. The molecule has 0 bridgehead atoms. The minimum atomic E-state index is -2.67. The number of hydrogen-bond donors (Lipinski definition) is 3. The van der Waals surface area contributed by atoms with E-state index in [4.69, 9.17) is 4.11 Å². The molecule has 3 heterocycles. The van der Waals surface area contributed by atoms with E-state index in [2.05, 4.69) is 30.6 Å². The number of benzene rings is 1. The molecule has 3 N–H and O–H groups in total. The molecular weight excluding hydrogens is 420 g/mol. The summed E-state index contributed by atoms with van der Waals surface area (Å²) in [7, 11) is 1.94. The van der Waals surface area contributed by atoms with Crippen LogP contribution in [0.4, 0.5) is 22.9 Å². The fourth-order valence-electron chi connectivity index (χ4n) is 4.01. The van der Waals surface area contributed by atoms with Crippen molar-refractivity contribution in [2.45, 2.75) is 32.7 Å². The molecule has 2 aromatic heterocycles. The number of aromatic nitrogens is 4. The van der Waals surface area contributed by atoms with E-state index < -0.39 is 12.9 Å². The van der Waals surface area contributed by atoms with Crippen LogP contribution in [0.1, 0.15) is 51.9 Å². The van der Waals surface area contributed by atoms with Crippen LogP contribution in [0.25, 0.3) is 5.69 Å². The molecule has 1 aliphatic carbocycles. The van der Waals surface area contributed by atoms with Gasteiger partial charge in [-0.2, -0.15) is 5.10 Å². The van der Waals surface area contributed by atoms with Gasteiger partial charge in [-0.3, -0.25) is 9.59 Å². The van der Waals surface area contributed by atoms with Crippen LogP contribution in [0.5, 0.6) is 0 Å². The van der Waals surface area contributed by atoms with Crippen molar-refractivity contribution in [3.8, 4) is 5.69 Å². The van der Waals surface area contributed by atoms with Crippen molar-refractivity contribution in [3.05, 3.63) is 47.7 Å². The molecule has 1 fully saturated rings. The summed E-state index contributed by atoms with van der Waals surface area (Å²) >= 11 is 0. The predicted molar refractivity (Wildman–Crippen MR) is 125 cm³/mol. The van der Waals surface area contributed by atoms with Gasteiger partial charge in [0.05, 0.1) is 34.4 Å². The Labute approximate surface area is 195 Å². The van der Waals surface area contributed by atoms with Crippen molar-refractivity contribution in [2.75, 3.05) is 29.6 Å². The predicted octanol–water partition coefficient (Wildman–Crippen LogP) is 2.93. The summed E-state index contributed by atoms with van der Waals surface area (Å²) in [6.07, 6.45) is 2.92. The zero-order valence-corrected chi connectivity index (χ0v) is 18.5. The monoisotopic (exact) mass is 449 g/mol. The molecule has 10 nitrogen and oxygen atoms in total. The van der Waals surface area contributed by atoms with Crippen LogP contribution in [0.3, 0.4) is 0 Å². The molecule has 1 saturated carbocycles. The first-order valence-corrected chi connectivity index (χ1v) is 10.7. The second kappa shape index (κ2) is 7.88. The molecular formula is C23H26N8O2. The first-order chi connectivity index (χ1) is 17.0. The summed E-state index contributed by atoms with van der Waals surface area (Å²) in [4.78, 5) is 35.9.